The molecule has 0 aliphatic heterocycles. The monoisotopic (exact) mass is 295 g/mol. The predicted molar refractivity (Wildman–Crippen MR) is 64.9 cm³/mol. The minimum Gasteiger partial charge on any atom is -0.395 e. The van der Waals surface area contributed by atoms with E-state index < -0.39 is 25.2 Å². The van der Waals surface area contributed by atoms with Crippen molar-refractivity contribution in [2.75, 3.05) is 19.7 Å². The summed E-state index contributed by atoms with van der Waals surface area (Å²) in [5.41, 5.74) is 0.569. The molecule has 0 bridgehead atoms. The van der Waals surface area contributed by atoms with Crippen LogP contribution in [0.15, 0.2) is 24.3 Å². The third kappa shape index (κ3) is 5.94. The van der Waals surface area contributed by atoms with Crippen molar-refractivity contribution in [3.05, 3.63) is 34.9 Å². The smallest absolute Gasteiger partial charge is 0.395 e. The van der Waals surface area contributed by atoms with Crippen molar-refractivity contribution in [1.82, 2.24) is 4.90 Å². The first-order valence-corrected chi connectivity index (χ1v) is 5.89. The van der Waals surface area contributed by atoms with E-state index in [0.29, 0.717) is 15.5 Å². The second-order valence-corrected chi connectivity index (χ2v) is 4.39. The van der Waals surface area contributed by atoms with E-state index in [4.69, 9.17) is 16.7 Å². The summed E-state index contributed by atoms with van der Waals surface area (Å²) >= 11 is 5.67. The van der Waals surface area contributed by atoms with Crippen molar-refractivity contribution in [1.29, 1.82) is 0 Å². The Hall–Kier alpha value is -1.27. The van der Waals surface area contributed by atoms with Gasteiger partial charge in [0.2, 0.25) is 5.91 Å². The first-order valence-electron chi connectivity index (χ1n) is 5.51. The van der Waals surface area contributed by atoms with Gasteiger partial charge in [0.05, 0.1) is 13.0 Å². The van der Waals surface area contributed by atoms with Gasteiger partial charge in [-0.3, -0.25) is 4.79 Å². The molecule has 0 saturated heterocycles. The van der Waals surface area contributed by atoms with Crippen molar-refractivity contribution < 1.29 is 23.1 Å². The van der Waals surface area contributed by atoms with Crippen molar-refractivity contribution in [2.24, 2.45) is 0 Å². The van der Waals surface area contributed by atoms with Crippen LogP contribution in [0.3, 0.4) is 0 Å². The van der Waals surface area contributed by atoms with E-state index in [0.717, 1.165) is 0 Å². The summed E-state index contributed by atoms with van der Waals surface area (Å²) in [6.07, 6.45) is -4.64. The molecule has 1 aromatic carbocycles. The van der Waals surface area contributed by atoms with E-state index in [2.05, 4.69) is 0 Å². The molecule has 0 unspecified atom stereocenters. The van der Waals surface area contributed by atoms with Crippen LogP contribution in [0.4, 0.5) is 13.2 Å². The molecule has 0 aliphatic carbocycles. The maximum absolute atomic E-state index is 12.3. The van der Waals surface area contributed by atoms with Gasteiger partial charge >= 0.3 is 6.18 Å². The summed E-state index contributed by atoms with van der Waals surface area (Å²) in [6, 6.07) is 6.27. The van der Waals surface area contributed by atoms with Crippen LogP contribution < -0.4 is 0 Å². The first-order chi connectivity index (χ1) is 8.81. The van der Waals surface area contributed by atoms with Crippen molar-refractivity contribution in [3.8, 4) is 0 Å². The molecule has 3 nitrogen and oxygen atoms in total. The van der Waals surface area contributed by atoms with Crippen molar-refractivity contribution in [3.63, 3.8) is 0 Å². The Bertz CT molecular complexity index is 420. The number of rotatable bonds is 5. The number of benzene rings is 1. The van der Waals surface area contributed by atoms with Gasteiger partial charge < -0.3 is 10.0 Å². The zero-order valence-electron chi connectivity index (χ0n) is 9.95. The number of carbonyl (C=O) groups is 1. The van der Waals surface area contributed by atoms with Gasteiger partial charge in [-0.15, -0.1) is 0 Å². The van der Waals surface area contributed by atoms with Gasteiger partial charge in [0.1, 0.15) is 6.54 Å². The van der Waals surface area contributed by atoms with Crippen LogP contribution in [0.2, 0.25) is 5.02 Å². The Kier molecular flexibility index (Phi) is 5.62. The standard InChI is InChI=1S/C12H13ClF3NO2/c13-10-3-1-9(2-4-10)7-11(19)17(5-6-18)8-12(14,15)16/h1-4,18H,5-8H2. The predicted octanol–water partition coefficient (Wildman–Crippen LogP) is 2.27. The SMILES string of the molecule is O=C(Cc1ccc(Cl)cc1)N(CCO)CC(F)(F)F. The van der Waals surface area contributed by atoms with Gasteiger partial charge in [-0.1, -0.05) is 23.7 Å². The van der Waals surface area contributed by atoms with Gasteiger partial charge in [0, 0.05) is 11.6 Å². The molecule has 19 heavy (non-hydrogen) atoms. The minimum atomic E-state index is -4.48. The summed E-state index contributed by atoms with van der Waals surface area (Å²) < 4.78 is 36.9. The molecule has 0 radical (unpaired) electrons. The maximum Gasteiger partial charge on any atom is 0.406 e. The van der Waals surface area contributed by atoms with E-state index in [-0.39, 0.29) is 13.0 Å². The van der Waals surface area contributed by atoms with Crippen molar-refractivity contribution in [2.45, 2.75) is 12.6 Å². The van der Waals surface area contributed by atoms with Crippen LogP contribution in [0.1, 0.15) is 5.56 Å². The number of carbonyl (C=O) groups excluding carboxylic acids is 1. The molecule has 0 aromatic heterocycles. The molecule has 0 heterocycles. The Morgan fingerprint density at radius 3 is 2.32 bits per heavy atom. The molecule has 1 N–H and O–H groups in total. The fraction of sp³-hybridized carbons (Fsp3) is 0.417. The summed E-state index contributed by atoms with van der Waals surface area (Å²) in [4.78, 5) is 12.3. The number of halogens is 4. The molecule has 0 saturated carbocycles. The largest absolute Gasteiger partial charge is 0.406 e. The number of aliphatic hydroxyl groups excluding tert-OH is 1. The third-order valence-corrected chi connectivity index (χ3v) is 2.61. The number of hydrogen-bond donors (Lipinski definition) is 1. The molecular weight excluding hydrogens is 283 g/mol. The lowest BCUT2D eigenvalue weighted by Crippen LogP contribution is -2.41. The zero-order chi connectivity index (χ0) is 14.5. The second kappa shape index (κ2) is 6.77. The van der Waals surface area contributed by atoms with Crippen LogP contribution >= 0.6 is 11.6 Å². The summed E-state index contributed by atoms with van der Waals surface area (Å²) in [6.45, 7) is -2.21. The molecule has 0 aliphatic rings. The zero-order valence-corrected chi connectivity index (χ0v) is 10.7. The molecule has 106 valence electrons. The van der Waals surface area contributed by atoms with Crippen LogP contribution in [0.25, 0.3) is 0 Å². The fourth-order valence-electron chi connectivity index (χ4n) is 1.52. The van der Waals surface area contributed by atoms with Gasteiger partial charge in [-0.25, -0.2) is 0 Å². The quantitative estimate of drug-likeness (QED) is 0.905. The highest BCUT2D eigenvalue weighted by atomic mass is 35.5. The highest BCUT2D eigenvalue weighted by Crippen LogP contribution is 2.17. The molecular formula is C12H13ClF3NO2. The number of hydrogen-bond acceptors (Lipinski definition) is 2. The Morgan fingerprint density at radius 1 is 1.26 bits per heavy atom. The number of amides is 1. The summed E-state index contributed by atoms with van der Waals surface area (Å²) in [5, 5.41) is 9.19. The highest BCUT2D eigenvalue weighted by Gasteiger charge is 2.32. The van der Waals surface area contributed by atoms with E-state index in [1.54, 1.807) is 24.3 Å². The van der Waals surface area contributed by atoms with Gasteiger partial charge in [-0.2, -0.15) is 13.2 Å². The molecule has 0 fully saturated rings. The average molecular weight is 296 g/mol. The Balaban J connectivity index is 2.68. The van der Waals surface area contributed by atoms with E-state index in [9.17, 15) is 18.0 Å². The summed E-state index contributed by atoms with van der Waals surface area (Å²) in [5.74, 6) is -0.686. The fourth-order valence-corrected chi connectivity index (χ4v) is 1.64. The Morgan fingerprint density at radius 2 is 1.84 bits per heavy atom. The van der Waals surface area contributed by atoms with Gasteiger partial charge in [0.25, 0.3) is 0 Å². The van der Waals surface area contributed by atoms with Crippen LogP contribution in [-0.2, 0) is 11.2 Å². The van der Waals surface area contributed by atoms with Crippen LogP contribution in [0.5, 0.6) is 0 Å². The second-order valence-electron chi connectivity index (χ2n) is 3.96. The van der Waals surface area contributed by atoms with Crippen LogP contribution in [0, 0.1) is 0 Å². The minimum absolute atomic E-state index is 0.159. The summed E-state index contributed by atoms with van der Waals surface area (Å²) in [7, 11) is 0. The first kappa shape index (κ1) is 15.8. The number of aliphatic hydroxyl groups is 1. The van der Waals surface area contributed by atoms with Crippen LogP contribution in [-0.4, -0.2) is 41.8 Å². The normalized spacial score (nSPS) is 11.4. The maximum atomic E-state index is 12.3. The lowest BCUT2D eigenvalue weighted by Gasteiger charge is -2.23. The van der Waals surface area contributed by atoms with Gasteiger partial charge in [0.15, 0.2) is 0 Å². The molecule has 1 aromatic rings. The lowest BCUT2D eigenvalue weighted by atomic mass is 10.1. The number of alkyl halides is 3. The highest BCUT2D eigenvalue weighted by molar-refractivity contribution is 6.30. The molecule has 0 atom stereocenters. The molecule has 7 heteroatoms. The van der Waals surface area contributed by atoms with Crippen molar-refractivity contribution >= 4 is 17.5 Å². The van der Waals surface area contributed by atoms with E-state index in [1.807, 2.05) is 0 Å². The molecule has 0 spiro atoms. The third-order valence-electron chi connectivity index (χ3n) is 2.36. The van der Waals surface area contributed by atoms with E-state index in [1.165, 1.54) is 0 Å². The topological polar surface area (TPSA) is 40.5 Å². The Labute approximate surface area is 113 Å². The van der Waals surface area contributed by atoms with Gasteiger partial charge in [-0.05, 0) is 17.7 Å². The number of nitrogens with zero attached hydrogens (tertiary/aromatic N) is 1. The lowest BCUT2D eigenvalue weighted by molar-refractivity contribution is -0.161. The van der Waals surface area contributed by atoms with E-state index >= 15 is 0 Å². The molecule has 1 amide bonds. The average Bonchev–Trinajstić information content (AvgIpc) is 2.30. The molecule has 1 rings (SSSR count).